The highest BCUT2D eigenvalue weighted by atomic mass is 15.2. The number of para-hydroxylation sites is 2. The predicted octanol–water partition coefficient (Wildman–Crippen LogP) is 30.0. The van der Waals surface area contributed by atoms with Gasteiger partial charge in [0.25, 0.3) is 0 Å². The molecule has 3 heteroatoms. The predicted molar refractivity (Wildman–Crippen MR) is 474 cm³/mol. The van der Waals surface area contributed by atoms with Crippen molar-refractivity contribution in [1.82, 2.24) is 4.57 Å². The fraction of sp³-hybridized carbons (Fsp3) is 0.327. The Kier molecular flexibility index (Phi) is 15.2. The molecule has 1 atom stereocenters. The van der Waals surface area contributed by atoms with Crippen LogP contribution in [0.1, 0.15) is 278 Å². The molecule has 110 heavy (non-hydrogen) atoms. The van der Waals surface area contributed by atoms with E-state index in [0.29, 0.717) is 5.69 Å². The molecule has 0 bridgehead atoms. The van der Waals surface area contributed by atoms with Gasteiger partial charge < -0.3 is 14.4 Å². The lowest BCUT2D eigenvalue weighted by molar-refractivity contribution is 0.568. The minimum absolute atomic E-state index is 0.0256. The van der Waals surface area contributed by atoms with Gasteiger partial charge in [-0.15, -0.1) is 0 Å². The minimum Gasteiger partial charge on any atom is -0.309 e. The fourth-order valence-corrected chi connectivity index (χ4v) is 17.5. The largest absolute Gasteiger partial charge is 0.309 e. The molecule has 0 radical (unpaired) electrons. The Bertz CT molecular complexity index is 6180. The third kappa shape index (κ3) is 12.9. The molecule has 3 nitrogen and oxygen atoms in total. The molecule has 0 saturated carbocycles. The lowest BCUT2D eigenvalue weighted by atomic mass is 9.70. The Hall–Kier alpha value is -9.96. The van der Waals surface area contributed by atoms with E-state index in [-0.39, 0.29) is 84.4 Å². The second-order valence-electron chi connectivity index (χ2n) is 40.2. The van der Waals surface area contributed by atoms with Crippen LogP contribution in [0.25, 0.3) is 60.9 Å². The number of aromatic nitrogens is 1. The van der Waals surface area contributed by atoms with Gasteiger partial charge in [0, 0.05) is 45.0 Å². The van der Waals surface area contributed by atoms with E-state index in [0.717, 1.165) is 102 Å². The first-order valence-corrected chi connectivity index (χ1v) is 39.9. The van der Waals surface area contributed by atoms with Gasteiger partial charge in [0.15, 0.2) is 0 Å². The van der Waals surface area contributed by atoms with E-state index >= 15 is 0 Å². The highest BCUT2D eigenvalue weighted by Crippen LogP contribution is 2.66. The quantitative estimate of drug-likeness (QED) is 0.158. The first-order chi connectivity index (χ1) is 54.9. The van der Waals surface area contributed by atoms with Crippen molar-refractivity contribution in [2.24, 2.45) is 0 Å². The molecule has 3 aliphatic rings. The van der Waals surface area contributed by atoms with Crippen LogP contribution in [0.4, 0.5) is 34.1 Å². The second-order valence-corrected chi connectivity index (χ2v) is 40.2. The first-order valence-electron chi connectivity index (χ1n) is 43.9. The third-order valence-corrected chi connectivity index (χ3v) is 23.9. The Balaban J connectivity index is 1.17. The van der Waals surface area contributed by atoms with Crippen LogP contribution in [0.3, 0.4) is 0 Å². The van der Waals surface area contributed by atoms with Crippen molar-refractivity contribution in [2.45, 2.75) is 228 Å². The number of hydrogen-bond acceptors (Lipinski definition) is 2. The van der Waals surface area contributed by atoms with Gasteiger partial charge in [-0.3, -0.25) is 0 Å². The summed E-state index contributed by atoms with van der Waals surface area (Å²) in [6.45, 7) is 55.6. The SMILES string of the molecule is [2H]c1c([2H])c([2H])c2c(c1[2H])c1c([2H])c([2H])c([2H])c([2H])c1n2-c1ccc2c(c1)N(c1c(-c3ccc(C(C)(C)C)cc3)cc(C(C)(C)C)cc1C(C)(C)C)c1cc(C3c4ccccc4Cc4ccccc43)cc3c1C2c1cc(-c2cc(C(C)(C)C)cc(C(C)(C)C)c2)ccc1N3c1c(-c2ccc(C(C)(C)C)cc2)cc(C(C)(C)C)cc1C(C)(C)C. The minimum atomic E-state index is -0.543. The smallest absolute Gasteiger partial charge is 0.0645 e. The van der Waals surface area contributed by atoms with Gasteiger partial charge in [-0.05, 0) is 216 Å². The number of hydrogen-bond donors (Lipinski definition) is 0. The van der Waals surface area contributed by atoms with Crippen molar-refractivity contribution in [1.29, 1.82) is 0 Å². The fourth-order valence-electron chi connectivity index (χ4n) is 17.5. The average molecular weight is 1450 g/mol. The summed E-state index contributed by atoms with van der Waals surface area (Å²) in [4.78, 5) is 5.27. The summed E-state index contributed by atoms with van der Waals surface area (Å²) in [6.07, 6.45) is 0.781. The Morgan fingerprint density at radius 2 is 0.709 bits per heavy atom. The molecule has 0 fully saturated rings. The summed E-state index contributed by atoms with van der Waals surface area (Å²) < 4.78 is 78.6. The zero-order valence-corrected chi connectivity index (χ0v) is 69.6. The van der Waals surface area contributed by atoms with Crippen LogP contribution < -0.4 is 9.80 Å². The molecule has 12 aromatic carbocycles. The second kappa shape index (κ2) is 25.8. The third-order valence-electron chi connectivity index (χ3n) is 23.9. The van der Waals surface area contributed by atoms with Gasteiger partial charge in [-0.1, -0.05) is 342 Å². The van der Waals surface area contributed by atoms with Crippen LogP contribution in [0.5, 0.6) is 0 Å². The Labute approximate surface area is 669 Å². The van der Waals surface area contributed by atoms with E-state index in [2.05, 4.69) is 358 Å². The van der Waals surface area contributed by atoms with Crippen molar-refractivity contribution in [2.75, 3.05) is 9.80 Å². The highest BCUT2D eigenvalue weighted by molar-refractivity contribution is 6.10. The van der Waals surface area contributed by atoms with Crippen LogP contribution in [0, 0.1) is 0 Å². The van der Waals surface area contributed by atoms with Crippen LogP contribution in [-0.2, 0) is 49.7 Å². The molecule has 1 unspecified atom stereocenters. The van der Waals surface area contributed by atoms with Crippen LogP contribution >= 0.6 is 0 Å². The molecule has 3 heterocycles. The number of fused-ring (bicyclic) bond motifs is 9. The number of nitrogens with zero attached hydrogens (tertiary/aromatic N) is 3. The van der Waals surface area contributed by atoms with Gasteiger partial charge in [-0.25, -0.2) is 0 Å². The number of rotatable bonds is 7. The summed E-state index contributed by atoms with van der Waals surface area (Å²) in [5.74, 6) is -0.776. The summed E-state index contributed by atoms with van der Waals surface area (Å²) in [5.41, 5.74) is 29.8. The molecule has 0 amide bonds. The van der Waals surface area contributed by atoms with Crippen molar-refractivity contribution in [3.8, 4) is 39.1 Å². The Morgan fingerprint density at radius 1 is 0.300 bits per heavy atom. The average Bonchev–Trinajstić information content (AvgIpc) is 0.777. The maximum Gasteiger partial charge on any atom is 0.0645 e. The van der Waals surface area contributed by atoms with Crippen LogP contribution in [0.2, 0.25) is 0 Å². The summed E-state index contributed by atoms with van der Waals surface area (Å²) in [7, 11) is 0. The van der Waals surface area contributed by atoms with Crippen molar-refractivity contribution in [3.05, 3.63) is 325 Å². The van der Waals surface area contributed by atoms with E-state index in [9.17, 15) is 11.0 Å². The van der Waals surface area contributed by atoms with E-state index < -0.39 is 40.9 Å². The highest BCUT2D eigenvalue weighted by Gasteiger charge is 2.47. The molecule has 0 spiro atoms. The first kappa shape index (κ1) is 64.8. The normalized spacial score (nSPS) is 15.9. The molecule has 13 aromatic rings. The molecule has 0 saturated heterocycles. The lowest BCUT2D eigenvalue weighted by Gasteiger charge is -2.48. The zero-order valence-electron chi connectivity index (χ0n) is 77.6. The summed E-state index contributed by atoms with van der Waals surface area (Å²) in [6, 6.07) is 69.3. The molecule has 16 rings (SSSR count). The van der Waals surface area contributed by atoms with E-state index in [1.807, 2.05) is 6.07 Å². The monoisotopic (exact) mass is 1450 g/mol. The standard InChI is InChI=1S/C107H115N3/c1-100(2,3)72-46-41-65(42-47-72)84-60-76(104(13,14)15)62-87(106(19,20)21)98(84)109-91-52-45-67(70-54-74(102(7,8)9)59-75(55-70)103(10,11)12)56-86(91)96-83-51-50-78(108-89-39-31-29-37-81(89)82-38-30-32-40-90(82)108)64-92(83)110(94-58-71(57-93(109)97(94)96)95-79-35-27-25-33-68(79)53-69-34-26-28-36-80(69)95)99-85(66-43-48-73(49-44-66)101(4,5)6)61-77(105(16,17)18)63-88(99)107(22,23)24/h25-52,54-64,95-96H,53H2,1-24H3/i29D,30D,31D,32D,37D,38D,39D,40D. The molecular formula is C107H115N3. The molecule has 1 aromatic heterocycles. The topological polar surface area (TPSA) is 11.4 Å². The van der Waals surface area contributed by atoms with Crippen molar-refractivity contribution >= 4 is 55.9 Å². The van der Waals surface area contributed by atoms with Gasteiger partial charge in [-0.2, -0.15) is 0 Å². The van der Waals surface area contributed by atoms with Crippen molar-refractivity contribution in [3.63, 3.8) is 0 Å². The molecule has 558 valence electrons. The maximum absolute atomic E-state index is 10.0. The maximum atomic E-state index is 10.0. The van der Waals surface area contributed by atoms with Gasteiger partial charge in [0.1, 0.15) is 0 Å². The van der Waals surface area contributed by atoms with Gasteiger partial charge >= 0.3 is 0 Å². The van der Waals surface area contributed by atoms with Crippen LogP contribution in [-0.4, -0.2) is 4.57 Å². The lowest BCUT2D eigenvalue weighted by Crippen LogP contribution is -2.32. The molecular weight excluding hydrogens is 1330 g/mol. The van der Waals surface area contributed by atoms with Crippen LogP contribution in [0.15, 0.2) is 236 Å². The summed E-state index contributed by atoms with van der Waals surface area (Å²) in [5, 5.41) is 0.0513. The molecule has 1 aliphatic carbocycles. The van der Waals surface area contributed by atoms with E-state index in [1.54, 1.807) is 4.57 Å². The number of anilines is 6. The zero-order chi connectivity index (χ0) is 85.2. The van der Waals surface area contributed by atoms with E-state index in [4.69, 9.17) is 0 Å². The number of benzene rings is 12. The van der Waals surface area contributed by atoms with Crippen molar-refractivity contribution < 1.29 is 11.0 Å². The Morgan fingerprint density at radius 3 is 1.15 bits per heavy atom. The van der Waals surface area contributed by atoms with Gasteiger partial charge in [0.05, 0.1) is 56.1 Å². The molecule has 2 aliphatic heterocycles. The van der Waals surface area contributed by atoms with Gasteiger partial charge in [0.2, 0.25) is 0 Å². The molecule has 0 N–H and O–H groups in total. The summed E-state index contributed by atoms with van der Waals surface area (Å²) >= 11 is 0. The van der Waals surface area contributed by atoms with E-state index in [1.165, 1.54) is 61.2 Å².